The van der Waals surface area contributed by atoms with Crippen molar-refractivity contribution in [2.24, 2.45) is 10.7 Å². The second-order valence-corrected chi connectivity index (χ2v) is 6.38. The molecule has 7 nitrogen and oxygen atoms in total. The molecule has 2 heterocycles. The number of hydrogen-bond acceptors (Lipinski definition) is 6. The number of amides is 1. The molecule has 1 amide bonds. The van der Waals surface area contributed by atoms with E-state index in [0.717, 1.165) is 12.3 Å². The quantitative estimate of drug-likeness (QED) is 0.826. The van der Waals surface area contributed by atoms with E-state index in [1.165, 1.54) is 18.2 Å². The summed E-state index contributed by atoms with van der Waals surface area (Å²) in [5.41, 5.74) is 5.16. The van der Waals surface area contributed by atoms with Gasteiger partial charge in [0.1, 0.15) is 16.7 Å². The van der Waals surface area contributed by atoms with Crippen LogP contribution < -0.4 is 15.8 Å². The molecule has 0 bridgehead atoms. The van der Waals surface area contributed by atoms with Gasteiger partial charge in [0, 0.05) is 17.7 Å². The molecule has 3 N–H and O–H groups in total. The first-order valence-electron chi connectivity index (χ1n) is 7.85. The Bertz CT molecular complexity index is 925. The van der Waals surface area contributed by atoms with Gasteiger partial charge in [0.05, 0.1) is 18.3 Å². The number of aliphatic imine (C=N–C) groups is 1. The van der Waals surface area contributed by atoms with E-state index < -0.39 is 23.3 Å². The smallest absolute Gasteiger partial charge is 0.418 e. The third-order valence-electron chi connectivity index (χ3n) is 3.95. The van der Waals surface area contributed by atoms with Gasteiger partial charge in [-0.2, -0.15) is 0 Å². The van der Waals surface area contributed by atoms with Crippen molar-refractivity contribution >= 4 is 29.4 Å². The number of anilines is 1. The number of ether oxygens (including phenoxy) is 2. The molecule has 142 valence electrons. The first-order chi connectivity index (χ1) is 12.8. The molecule has 1 atom stereocenters. The fourth-order valence-electron chi connectivity index (χ4n) is 2.60. The molecule has 0 fully saturated rings. The van der Waals surface area contributed by atoms with E-state index in [9.17, 15) is 13.6 Å². The van der Waals surface area contributed by atoms with Gasteiger partial charge in [0.15, 0.2) is 0 Å². The van der Waals surface area contributed by atoms with Crippen LogP contribution in [0.2, 0.25) is 5.02 Å². The van der Waals surface area contributed by atoms with E-state index in [1.54, 1.807) is 6.92 Å². The minimum Gasteiger partial charge on any atom is -0.465 e. The summed E-state index contributed by atoms with van der Waals surface area (Å²) in [6.45, 7) is 2.00. The standard InChI is InChI=1S/C17H15ClF2N4O3/c1-17(4-5-26-15(21)24-17)11-7-10(2-3-13(11)20)23-16(25)27-14-12(18)6-9(19)8-22-14/h2-3,6-8H,4-5H2,1H3,(H2,21,24)(H,23,25)/t17-/m0/s1. The Balaban J connectivity index is 1.80. The first kappa shape index (κ1) is 18.8. The third-order valence-corrected chi connectivity index (χ3v) is 4.22. The summed E-state index contributed by atoms with van der Waals surface area (Å²) >= 11 is 5.76. The van der Waals surface area contributed by atoms with Crippen molar-refractivity contribution in [3.63, 3.8) is 0 Å². The number of aromatic nitrogens is 1. The summed E-state index contributed by atoms with van der Waals surface area (Å²) in [4.78, 5) is 19.8. The Kier molecular flexibility index (Phi) is 5.13. The topological polar surface area (TPSA) is 98.8 Å². The van der Waals surface area contributed by atoms with Crippen molar-refractivity contribution in [1.82, 2.24) is 4.98 Å². The Morgan fingerprint density at radius 1 is 1.41 bits per heavy atom. The number of nitrogens with zero attached hydrogens (tertiary/aromatic N) is 2. The molecule has 0 spiro atoms. The van der Waals surface area contributed by atoms with E-state index in [2.05, 4.69) is 15.3 Å². The number of carbonyl (C=O) groups is 1. The molecule has 0 unspecified atom stereocenters. The van der Waals surface area contributed by atoms with Crippen LogP contribution in [-0.4, -0.2) is 23.7 Å². The summed E-state index contributed by atoms with van der Waals surface area (Å²) < 4.78 is 37.4. The van der Waals surface area contributed by atoms with Gasteiger partial charge in [-0.05, 0) is 31.2 Å². The molecule has 0 aliphatic carbocycles. The van der Waals surface area contributed by atoms with Crippen molar-refractivity contribution in [2.75, 3.05) is 11.9 Å². The molecule has 0 saturated carbocycles. The molecule has 1 aliphatic heterocycles. The fourth-order valence-corrected chi connectivity index (χ4v) is 2.80. The molecule has 27 heavy (non-hydrogen) atoms. The maximum atomic E-state index is 14.3. The number of halogens is 3. The Labute approximate surface area is 158 Å². The molecule has 10 heteroatoms. The highest BCUT2D eigenvalue weighted by molar-refractivity contribution is 6.31. The van der Waals surface area contributed by atoms with Crippen molar-refractivity contribution in [3.05, 3.63) is 52.7 Å². The van der Waals surface area contributed by atoms with Crippen molar-refractivity contribution in [2.45, 2.75) is 18.9 Å². The molecular weight excluding hydrogens is 382 g/mol. The monoisotopic (exact) mass is 396 g/mol. The second-order valence-electron chi connectivity index (χ2n) is 5.97. The number of hydrogen-bond donors (Lipinski definition) is 2. The lowest BCUT2D eigenvalue weighted by molar-refractivity contribution is 0.212. The van der Waals surface area contributed by atoms with Crippen LogP contribution in [-0.2, 0) is 10.3 Å². The zero-order valence-electron chi connectivity index (χ0n) is 14.1. The van der Waals surface area contributed by atoms with Crippen molar-refractivity contribution in [1.29, 1.82) is 0 Å². The summed E-state index contributed by atoms with van der Waals surface area (Å²) in [5.74, 6) is -1.43. The SMILES string of the molecule is C[C@@]1(c2cc(NC(=O)Oc3ncc(F)cc3Cl)ccc2F)CCOC(N)=N1. The van der Waals surface area contributed by atoms with Gasteiger partial charge < -0.3 is 15.2 Å². The van der Waals surface area contributed by atoms with E-state index in [0.29, 0.717) is 13.0 Å². The number of amidine groups is 1. The average Bonchev–Trinajstić information content (AvgIpc) is 2.59. The highest BCUT2D eigenvalue weighted by Gasteiger charge is 2.33. The van der Waals surface area contributed by atoms with Gasteiger partial charge in [-0.3, -0.25) is 5.32 Å². The van der Waals surface area contributed by atoms with Crippen molar-refractivity contribution < 1.29 is 23.0 Å². The van der Waals surface area contributed by atoms with Gasteiger partial charge in [0.2, 0.25) is 5.88 Å². The van der Waals surface area contributed by atoms with Crippen LogP contribution in [0.5, 0.6) is 5.88 Å². The molecule has 1 aromatic heterocycles. The van der Waals surface area contributed by atoms with Gasteiger partial charge in [-0.1, -0.05) is 11.6 Å². The molecule has 1 aliphatic rings. The molecule has 0 saturated heterocycles. The number of benzene rings is 1. The summed E-state index contributed by atoms with van der Waals surface area (Å²) in [6, 6.07) is 4.91. The highest BCUT2D eigenvalue weighted by Crippen LogP contribution is 2.35. The molecular formula is C17H15ClF2N4O3. The maximum Gasteiger partial charge on any atom is 0.418 e. The second kappa shape index (κ2) is 7.36. The van der Waals surface area contributed by atoms with Gasteiger partial charge >= 0.3 is 6.09 Å². The van der Waals surface area contributed by atoms with Gasteiger partial charge in [0.25, 0.3) is 6.02 Å². The lowest BCUT2D eigenvalue weighted by Gasteiger charge is -2.30. The van der Waals surface area contributed by atoms with Crippen LogP contribution in [0.3, 0.4) is 0 Å². The Morgan fingerprint density at radius 2 is 2.19 bits per heavy atom. The Hall–Kier alpha value is -2.94. The average molecular weight is 397 g/mol. The summed E-state index contributed by atoms with van der Waals surface area (Å²) in [7, 11) is 0. The molecule has 2 aromatic rings. The molecule has 1 aromatic carbocycles. The largest absolute Gasteiger partial charge is 0.465 e. The van der Waals surface area contributed by atoms with Crippen LogP contribution in [0, 0.1) is 11.6 Å². The Morgan fingerprint density at radius 3 is 2.89 bits per heavy atom. The van der Waals surface area contributed by atoms with E-state index in [-0.39, 0.29) is 28.2 Å². The van der Waals surface area contributed by atoms with Gasteiger partial charge in [-0.25, -0.2) is 23.6 Å². The predicted octanol–water partition coefficient (Wildman–Crippen LogP) is 3.57. The number of pyridine rings is 1. The normalized spacial score (nSPS) is 19.0. The van der Waals surface area contributed by atoms with E-state index in [4.69, 9.17) is 26.8 Å². The third kappa shape index (κ3) is 4.25. The van der Waals surface area contributed by atoms with Crippen LogP contribution in [0.4, 0.5) is 19.3 Å². The highest BCUT2D eigenvalue weighted by atomic mass is 35.5. The number of rotatable bonds is 3. The van der Waals surface area contributed by atoms with Crippen molar-refractivity contribution in [3.8, 4) is 5.88 Å². The lowest BCUT2D eigenvalue weighted by atomic mass is 9.88. The fraction of sp³-hybridized carbons (Fsp3) is 0.235. The lowest BCUT2D eigenvalue weighted by Crippen LogP contribution is -2.34. The zero-order chi connectivity index (χ0) is 19.6. The van der Waals surface area contributed by atoms with Crippen LogP contribution in [0.1, 0.15) is 18.9 Å². The number of nitrogens with one attached hydrogen (secondary N) is 1. The molecule has 0 radical (unpaired) electrons. The maximum absolute atomic E-state index is 14.3. The number of carbonyl (C=O) groups excluding carboxylic acids is 1. The van der Waals surface area contributed by atoms with E-state index >= 15 is 0 Å². The molecule has 3 rings (SSSR count). The van der Waals surface area contributed by atoms with Crippen LogP contribution >= 0.6 is 11.6 Å². The number of nitrogens with two attached hydrogens (primary N) is 1. The van der Waals surface area contributed by atoms with Crippen LogP contribution in [0.15, 0.2) is 35.5 Å². The summed E-state index contributed by atoms with van der Waals surface area (Å²) in [6.07, 6.45) is 0.348. The van der Waals surface area contributed by atoms with E-state index in [1.807, 2.05) is 0 Å². The minimum atomic E-state index is -0.935. The zero-order valence-corrected chi connectivity index (χ0v) is 14.9. The predicted molar refractivity (Wildman–Crippen MR) is 94.8 cm³/mol. The first-order valence-corrected chi connectivity index (χ1v) is 8.23. The minimum absolute atomic E-state index is 0.0297. The van der Waals surface area contributed by atoms with Gasteiger partial charge in [-0.15, -0.1) is 0 Å². The van der Waals surface area contributed by atoms with Crippen LogP contribution in [0.25, 0.3) is 0 Å². The summed E-state index contributed by atoms with van der Waals surface area (Å²) in [5, 5.41) is 2.27.